The van der Waals surface area contributed by atoms with Gasteiger partial charge >= 0.3 is 0 Å². The molecule has 1 atom stereocenters. The zero-order valence-corrected chi connectivity index (χ0v) is 15.5. The van der Waals surface area contributed by atoms with E-state index in [4.69, 9.17) is 4.98 Å². The molecule has 2 N–H and O–H groups in total. The van der Waals surface area contributed by atoms with Crippen LogP contribution in [0.5, 0.6) is 0 Å². The van der Waals surface area contributed by atoms with Crippen molar-refractivity contribution in [2.45, 2.75) is 19.9 Å². The Morgan fingerprint density at radius 3 is 2.26 bits per heavy atom. The van der Waals surface area contributed by atoms with Gasteiger partial charge in [-0.15, -0.1) is 0 Å². The first-order valence-corrected chi connectivity index (χ1v) is 9.11. The van der Waals surface area contributed by atoms with Gasteiger partial charge in [0, 0.05) is 17.1 Å². The van der Waals surface area contributed by atoms with Gasteiger partial charge in [0.25, 0.3) is 0 Å². The fourth-order valence-electron chi connectivity index (χ4n) is 3.04. The number of fused-ring (bicyclic) bond motifs is 1. The molecule has 1 unspecified atom stereocenters. The van der Waals surface area contributed by atoms with Crippen LogP contribution in [-0.2, 0) is 0 Å². The van der Waals surface area contributed by atoms with Gasteiger partial charge in [0.2, 0.25) is 5.95 Å². The minimum Gasteiger partial charge on any atom is -0.363 e. The van der Waals surface area contributed by atoms with Gasteiger partial charge in [0.15, 0.2) is 0 Å². The first-order chi connectivity index (χ1) is 13.2. The van der Waals surface area contributed by atoms with Crippen LogP contribution in [0.4, 0.5) is 17.5 Å². The summed E-state index contributed by atoms with van der Waals surface area (Å²) in [5, 5.41) is 7.87. The molecule has 3 aromatic carbocycles. The van der Waals surface area contributed by atoms with E-state index in [1.54, 1.807) is 0 Å². The minimum atomic E-state index is 0.136. The molecule has 1 aromatic heterocycles. The second-order valence-electron chi connectivity index (χ2n) is 6.68. The van der Waals surface area contributed by atoms with Gasteiger partial charge in [0.05, 0.1) is 5.52 Å². The molecule has 4 nitrogen and oxygen atoms in total. The molecule has 0 radical (unpaired) electrons. The summed E-state index contributed by atoms with van der Waals surface area (Å²) in [6.07, 6.45) is 0. The Hall–Kier alpha value is -3.40. The van der Waals surface area contributed by atoms with E-state index in [0.717, 1.165) is 22.4 Å². The van der Waals surface area contributed by atoms with Gasteiger partial charge in [-0.3, -0.25) is 0 Å². The molecule has 0 amide bonds. The standard InChI is InChI=1S/C23H22N4/c1-16-12-14-19(15-13-16)25-23-26-21-11-7-6-10-20(21)22(27-23)24-17(2)18-8-4-3-5-9-18/h3-15,17H,1-2H3,(H2,24,25,26,27). The van der Waals surface area contributed by atoms with E-state index in [0.29, 0.717) is 5.95 Å². The van der Waals surface area contributed by atoms with E-state index in [1.807, 2.05) is 42.5 Å². The monoisotopic (exact) mass is 354 g/mol. The van der Waals surface area contributed by atoms with E-state index >= 15 is 0 Å². The summed E-state index contributed by atoms with van der Waals surface area (Å²) in [4.78, 5) is 9.42. The van der Waals surface area contributed by atoms with Crippen LogP contribution in [0.15, 0.2) is 78.9 Å². The normalized spacial score (nSPS) is 11.9. The van der Waals surface area contributed by atoms with Crippen molar-refractivity contribution in [3.8, 4) is 0 Å². The average molecular weight is 354 g/mol. The SMILES string of the molecule is Cc1ccc(Nc2nc(NC(C)c3ccccc3)c3ccccc3n2)cc1. The second-order valence-corrected chi connectivity index (χ2v) is 6.68. The highest BCUT2D eigenvalue weighted by Gasteiger charge is 2.11. The number of nitrogens with zero attached hydrogens (tertiary/aromatic N) is 2. The van der Waals surface area contributed by atoms with Gasteiger partial charge in [-0.1, -0.05) is 60.2 Å². The van der Waals surface area contributed by atoms with Crippen molar-refractivity contribution in [3.63, 3.8) is 0 Å². The number of anilines is 3. The van der Waals surface area contributed by atoms with Crippen molar-refractivity contribution in [1.29, 1.82) is 0 Å². The van der Waals surface area contributed by atoms with Gasteiger partial charge in [-0.2, -0.15) is 4.98 Å². The lowest BCUT2D eigenvalue weighted by molar-refractivity contribution is 0.876. The van der Waals surface area contributed by atoms with Gasteiger partial charge in [-0.25, -0.2) is 4.98 Å². The lowest BCUT2D eigenvalue weighted by Gasteiger charge is -2.17. The van der Waals surface area contributed by atoms with E-state index < -0.39 is 0 Å². The molecule has 134 valence electrons. The largest absolute Gasteiger partial charge is 0.363 e. The Morgan fingerprint density at radius 2 is 1.48 bits per heavy atom. The highest BCUT2D eigenvalue weighted by Crippen LogP contribution is 2.27. The molecule has 1 heterocycles. The summed E-state index contributed by atoms with van der Waals surface area (Å²) in [6, 6.07) is 26.8. The summed E-state index contributed by atoms with van der Waals surface area (Å²) in [6.45, 7) is 4.21. The first kappa shape index (κ1) is 17.0. The number of aryl methyl sites for hydroxylation is 1. The summed E-state index contributed by atoms with van der Waals surface area (Å²) >= 11 is 0. The third-order valence-electron chi connectivity index (χ3n) is 4.56. The van der Waals surface area contributed by atoms with Crippen LogP contribution in [0.3, 0.4) is 0 Å². The predicted octanol–water partition coefficient (Wildman–Crippen LogP) is 5.85. The quantitative estimate of drug-likeness (QED) is 0.472. The van der Waals surface area contributed by atoms with Crippen molar-refractivity contribution in [2.75, 3.05) is 10.6 Å². The Labute approximate surface area is 159 Å². The zero-order chi connectivity index (χ0) is 18.6. The van der Waals surface area contributed by atoms with Crippen LogP contribution in [0.1, 0.15) is 24.1 Å². The Kier molecular flexibility index (Phi) is 4.71. The molecule has 0 saturated carbocycles. The Morgan fingerprint density at radius 1 is 0.778 bits per heavy atom. The van der Waals surface area contributed by atoms with Crippen LogP contribution in [0.25, 0.3) is 10.9 Å². The maximum absolute atomic E-state index is 4.75. The topological polar surface area (TPSA) is 49.8 Å². The van der Waals surface area contributed by atoms with Crippen LogP contribution >= 0.6 is 0 Å². The molecule has 4 aromatic rings. The zero-order valence-electron chi connectivity index (χ0n) is 15.5. The lowest BCUT2D eigenvalue weighted by atomic mass is 10.1. The third-order valence-corrected chi connectivity index (χ3v) is 4.56. The number of rotatable bonds is 5. The van der Waals surface area contributed by atoms with E-state index in [1.165, 1.54) is 11.1 Å². The maximum Gasteiger partial charge on any atom is 0.229 e. The highest BCUT2D eigenvalue weighted by atomic mass is 15.1. The predicted molar refractivity (Wildman–Crippen MR) is 112 cm³/mol. The molecule has 0 aliphatic heterocycles. The molecule has 4 heteroatoms. The van der Waals surface area contributed by atoms with Crippen molar-refractivity contribution >= 4 is 28.4 Å². The maximum atomic E-state index is 4.75. The summed E-state index contributed by atoms with van der Waals surface area (Å²) in [7, 11) is 0. The van der Waals surface area contributed by atoms with Gasteiger partial charge in [-0.05, 0) is 43.7 Å². The molecule has 4 rings (SSSR count). The minimum absolute atomic E-state index is 0.136. The van der Waals surface area contributed by atoms with Crippen LogP contribution in [0, 0.1) is 6.92 Å². The number of hydrogen-bond acceptors (Lipinski definition) is 4. The average Bonchev–Trinajstić information content (AvgIpc) is 2.70. The van der Waals surface area contributed by atoms with Crippen molar-refractivity contribution in [2.24, 2.45) is 0 Å². The number of hydrogen-bond donors (Lipinski definition) is 2. The molecule has 0 bridgehead atoms. The number of para-hydroxylation sites is 1. The fourth-order valence-corrected chi connectivity index (χ4v) is 3.04. The molecule has 0 aliphatic rings. The van der Waals surface area contributed by atoms with Gasteiger partial charge < -0.3 is 10.6 Å². The van der Waals surface area contributed by atoms with Crippen LogP contribution in [0.2, 0.25) is 0 Å². The summed E-state index contributed by atoms with van der Waals surface area (Å²) in [5.74, 6) is 1.41. The molecule has 0 spiro atoms. The fraction of sp³-hybridized carbons (Fsp3) is 0.130. The Bertz CT molecular complexity index is 1040. The van der Waals surface area contributed by atoms with Crippen molar-refractivity contribution in [1.82, 2.24) is 9.97 Å². The van der Waals surface area contributed by atoms with E-state index in [-0.39, 0.29) is 6.04 Å². The number of benzene rings is 3. The molecule has 27 heavy (non-hydrogen) atoms. The second kappa shape index (κ2) is 7.46. The summed E-state index contributed by atoms with van der Waals surface area (Å²) < 4.78 is 0. The third kappa shape index (κ3) is 3.90. The van der Waals surface area contributed by atoms with Gasteiger partial charge in [0.1, 0.15) is 5.82 Å². The molecular weight excluding hydrogens is 332 g/mol. The van der Waals surface area contributed by atoms with E-state index in [2.05, 4.69) is 65.9 Å². The number of nitrogens with one attached hydrogen (secondary N) is 2. The Balaban J connectivity index is 1.69. The lowest BCUT2D eigenvalue weighted by Crippen LogP contribution is -2.10. The molecule has 0 fully saturated rings. The first-order valence-electron chi connectivity index (χ1n) is 9.11. The molecule has 0 aliphatic carbocycles. The van der Waals surface area contributed by atoms with E-state index in [9.17, 15) is 0 Å². The molecule has 0 saturated heterocycles. The van der Waals surface area contributed by atoms with Crippen LogP contribution in [-0.4, -0.2) is 9.97 Å². The van der Waals surface area contributed by atoms with Crippen LogP contribution < -0.4 is 10.6 Å². The van der Waals surface area contributed by atoms with Crippen molar-refractivity contribution < 1.29 is 0 Å². The smallest absolute Gasteiger partial charge is 0.229 e. The number of aromatic nitrogens is 2. The van der Waals surface area contributed by atoms with Crippen molar-refractivity contribution in [3.05, 3.63) is 90.0 Å². The molecular formula is C23H22N4. The summed E-state index contributed by atoms with van der Waals surface area (Å²) in [5.41, 5.74) is 4.31. The highest BCUT2D eigenvalue weighted by molar-refractivity contribution is 5.90.